The van der Waals surface area contributed by atoms with Crippen LogP contribution >= 0.6 is 0 Å². The van der Waals surface area contributed by atoms with Crippen molar-refractivity contribution in [1.82, 2.24) is 4.90 Å². The molecule has 1 aliphatic rings. The number of morpholine rings is 1. The van der Waals surface area contributed by atoms with Crippen molar-refractivity contribution in [3.63, 3.8) is 0 Å². The highest BCUT2D eigenvalue weighted by atomic mass is 19.1. The topological polar surface area (TPSA) is 62.9 Å². The highest BCUT2D eigenvalue weighted by Crippen LogP contribution is 2.28. The summed E-state index contributed by atoms with van der Waals surface area (Å²) >= 11 is 0. The number of rotatable bonds is 2. The van der Waals surface area contributed by atoms with Gasteiger partial charge in [0.1, 0.15) is 0 Å². The molecule has 1 aromatic heterocycles. The van der Waals surface area contributed by atoms with Crippen molar-refractivity contribution >= 4 is 16.9 Å². The zero-order chi connectivity index (χ0) is 15.0. The second-order valence-corrected chi connectivity index (χ2v) is 5.10. The first-order valence-corrected chi connectivity index (χ1v) is 6.81. The van der Waals surface area contributed by atoms with Gasteiger partial charge in [0.25, 0.3) is 5.91 Å². The average Bonchev–Trinajstić information content (AvgIpc) is 2.85. The zero-order valence-electron chi connectivity index (χ0n) is 11.6. The standard InChI is InChI=1S/C15H16FNO4/c1-9-11-3-2-4-12(16)14(11)21-13(9)15(19)17-5-6-20-10(7-17)8-18/h2-4,10,18H,5-8H2,1H3. The Morgan fingerprint density at radius 1 is 1.52 bits per heavy atom. The summed E-state index contributed by atoms with van der Waals surface area (Å²) < 4.78 is 24.5. The fourth-order valence-corrected chi connectivity index (χ4v) is 2.57. The molecule has 2 aromatic rings. The lowest BCUT2D eigenvalue weighted by molar-refractivity contribution is -0.0453. The first kappa shape index (κ1) is 14.0. The Bertz CT molecular complexity index is 682. The van der Waals surface area contributed by atoms with Crippen LogP contribution in [0.1, 0.15) is 16.1 Å². The number of hydrogen-bond acceptors (Lipinski definition) is 4. The Morgan fingerprint density at radius 2 is 2.33 bits per heavy atom. The van der Waals surface area contributed by atoms with Crippen molar-refractivity contribution in [3.05, 3.63) is 35.3 Å². The molecule has 0 radical (unpaired) electrons. The monoisotopic (exact) mass is 293 g/mol. The molecule has 0 spiro atoms. The normalized spacial score (nSPS) is 19.2. The van der Waals surface area contributed by atoms with E-state index in [1.165, 1.54) is 6.07 Å². The minimum atomic E-state index is -0.482. The van der Waals surface area contributed by atoms with E-state index < -0.39 is 5.82 Å². The van der Waals surface area contributed by atoms with Crippen LogP contribution in [0, 0.1) is 12.7 Å². The zero-order valence-corrected chi connectivity index (χ0v) is 11.6. The number of aryl methyl sites for hydroxylation is 1. The Labute approximate surface area is 120 Å². The predicted octanol–water partition coefficient (Wildman–Crippen LogP) is 1.71. The summed E-state index contributed by atoms with van der Waals surface area (Å²) in [6, 6.07) is 4.62. The molecule has 1 aromatic carbocycles. The second-order valence-electron chi connectivity index (χ2n) is 5.10. The molecule has 3 rings (SSSR count). The van der Waals surface area contributed by atoms with Crippen LogP contribution in [0.3, 0.4) is 0 Å². The van der Waals surface area contributed by atoms with Gasteiger partial charge in [-0.2, -0.15) is 0 Å². The number of furan rings is 1. The maximum atomic E-state index is 13.7. The lowest BCUT2D eigenvalue weighted by Crippen LogP contribution is -2.46. The Balaban J connectivity index is 1.94. The van der Waals surface area contributed by atoms with Crippen molar-refractivity contribution in [2.75, 3.05) is 26.3 Å². The van der Waals surface area contributed by atoms with Gasteiger partial charge in [0.2, 0.25) is 0 Å². The SMILES string of the molecule is Cc1c(C(=O)N2CCOC(CO)C2)oc2c(F)cccc12. The molecule has 21 heavy (non-hydrogen) atoms. The molecular weight excluding hydrogens is 277 g/mol. The van der Waals surface area contributed by atoms with Crippen molar-refractivity contribution in [3.8, 4) is 0 Å². The number of carbonyl (C=O) groups is 1. The predicted molar refractivity (Wildman–Crippen MR) is 73.6 cm³/mol. The van der Waals surface area contributed by atoms with Crippen molar-refractivity contribution in [2.45, 2.75) is 13.0 Å². The lowest BCUT2D eigenvalue weighted by Gasteiger charge is -2.31. The molecule has 0 aliphatic carbocycles. The summed E-state index contributed by atoms with van der Waals surface area (Å²) in [4.78, 5) is 14.1. The maximum Gasteiger partial charge on any atom is 0.290 e. The number of benzene rings is 1. The van der Waals surface area contributed by atoms with E-state index in [1.807, 2.05) is 0 Å². The minimum absolute atomic E-state index is 0.102. The number of carbonyl (C=O) groups excluding carboxylic acids is 1. The molecule has 1 aliphatic heterocycles. The van der Waals surface area contributed by atoms with Crippen molar-refractivity contribution < 1.29 is 23.4 Å². The molecule has 0 saturated carbocycles. The number of nitrogens with zero attached hydrogens (tertiary/aromatic N) is 1. The number of aliphatic hydroxyl groups is 1. The molecule has 1 saturated heterocycles. The van der Waals surface area contributed by atoms with Gasteiger partial charge in [-0.25, -0.2) is 4.39 Å². The van der Waals surface area contributed by atoms with Gasteiger partial charge in [-0.15, -0.1) is 0 Å². The smallest absolute Gasteiger partial charge is 0.290 e. The van der Waals surface area contributed by atoms with Crippen molar-refractivity contribution in [1.29, 1.82) is 0 Å². The van der Waals surface area contributed by atoms with Crippen LogP contribution < -0.4 is 0 Å². The van der Waals surface area contributed by atoms with Crippen LogP contribution in [0.25, 0.3) is 11.0 Å². The first-order valence-electron chi connectivity index (χ1n) is 6.81. The van der Waals surface area contributed by atoms with Crippen LogP contribution in [0.5, 0.6) is 0 Å². The van der Waals surface area contributed by atoms with Crippen LogP contribution in [0.4, 0.5) is 4.39 Å². The van der Waals surface area contributed by atoms with E-state index in [2.05, 4.69) is 0 Å². The number of ether oxygens (including phenoxy) is 1. The van der Waals surface area contributed by atoms with Crippen LogP contribution in [-0.4, -0.2) is 48.3 Å². The van der Waals surface area contributed by atoms with Gasteiger partial charge in [0, 0.05) is 24.0 Å². The molecule has 112 valence electrons. The number of fused-ring (bicyclic) bond motifs is 1. The second kappa shape index (κ2) is 5.46. The number of para-hydroxylation sites is 1. The summed E-state index contributed by atoms with van der Waals surface area (Å²) in [6.07, 6.45) is -0.385. The summed E-state index contributed by atoms with van der Waals surface area (Å²) in [5.41, 5.74) is 0.729. The van der Waals surface area contributed by atoms with E-state index in [1.54, 1.807) is 24.0 Å². The van der Waals surface area contributed by atoms with Gasteiger partial charge in [0.15, 0.2) is 17.2 Å². The Hall–Kier alpha value is -1.92. The number of halogens is 1. The third kappa shape index (κ3) is 2.41. The van der Waals surface area contributed by atoms with E-state index in [9.17, 15) is 9.18 Å². The highest BCUT2D eigenvalue weighted by molar-refractivity contribution is 5.99. The van der Waals surface area contributed by atoms with Gasteiger partial charge < -0.3 is 19.2 Å². The number of hydrogen-bond donors (Lipinski definition) is 1. The van der Waals surface area contributed by atoms with Crippen LogP contribution in [0.2, 0.25) is 0 Å². The highest BCUT2D eigenvalue weighted by Gasteiger charge is 2.28. The minimum Gasteiger partial charge on any atom is -0.448 e. The molecular formula is C15H16FNO4. The molecule has 1 atom stereocenters. The number of amides is 1. The van der Waals surface area contributed by atoms with E-state index in [4.69, 9.17) is 14.3 Å². The fraction of sp³-hybridized carbons (Fsp3) is 0.400. The molecule has 1 unspecified atom stereocenters. The molecule has 6 heteroatoms. The van der Waals surface area contributed by atoms with Gasteiger partial charge in [-0.3, -0.25) is 4.79 Å². The first-order chi connectivity index (χ1) is 10.1. The third-order valence-corrected chi connectivity index (χ3v) is 3.74. The Kier molecular flexibility index (Phi) is 3.65. The summed E-state index contributed by atoms with van der Waals surface area (Å²) in [7, 11) is 0. The molecule has 1 fully saturated rings. The third-order valence-electron chi connectivity index (χ3n) is 3.74. The molecule has 0 bridgehead atoms. The van der Waals surface area contributed by atoms with E-state index in [-0.39, 0.29) is 30.0 Å². The number of aliphatic hydroxyl groups excluding tert-OH is 1. The van der Waals surface area contributed by atoms with E-state index >= 15 is 0 Å². The lowest BCUT2D eigenvalue weighted by atomic mass is 10.1. The quantitative estimate of drug-likeness (QED) is 0.915. The summed E-state index contributed by atoms with van der Waals surface area (Å²) in [5, 5.41) is 9.73. The van der Waals surface area contributed by atoms with E-state index in [0.29, 0.717) is 30.6 Å². The summed E-state index contributed by atoms with van der Waals surface area (Å²) in [5.74, 6) is -0.636. The Morgan fingerprint density at radius 3 is 3.05 bits per heavy atom. The van der Waals surface area contributed by atoms with Gasteiger partial charge in [0.05, 0.1) is 19.3 Å². The molecule has 1 N–H and O–H groups in total. The van der Waals surface area contributed by atoms with Crippen LogP contribution in [0.15, 0.2) is 22.6 Å². The van der Waals surface area contributed by atoms with Gasteiger partial charge in [-0.05, 0) is 13.0 Å². The largest absolute Gasteiger partial charge is 0.448 e. The fourth-order valence-electron chi connectivity index (χ4n) is 2.57. The maximum absolute atomic E-state index is 13.7. The summed E-state index contributed by atoms with van der Waals surface area (Å²) in [6.45, 7) is 2.69. The average molecular weight is 293 g/mol. The van der Waals surface area contributed by atoms with Crippen LogP contribution in [-0.2, 0) is 4.74 Å². The molecule has 2 heterocycles. The molecule has 5 nitrogen and oxygen atoms in total. The van der Waals surface area contributed by atoms with Gasteiger partial charge >= 0.3 is 0 Å². The van der Waals surface area contributed by atoms with Gasteiger partial charge in [-0.1, -0.05) is 12.1 Å². The van der Waals surface area contributed by atoms with E-state index in [0.717, 1.165) is 0 Å². The molecule has 1 amide bonds. The van der Waals surface area contributed by atoms with Crippen molar-refractivity contribution in [2.24, 2.45) is 0 Å².